The lowest BCUT2D eigenvalue weighted by molar-refractivity contribution is 0.102. The van der Waals surface area contributed by atoms with E-state index in [2.05, 4.69) is 10.3 Å². The van der Waals surface area contributed by atoms with Crippen LogP contribution in [0.1, 0.15) is 25.6 Å². The second kappa shape index (κ2) is 10.0. The molecule has 0 spiro atoms. The molecule has 6 nitrogen and oxygen atoms in total. The van der Waals surface area contributed by atoms with Gasteiger partial charge < -0.3 is 14.8 Å². The number of ether oxygens (including phenoxy) is 2. The van der Waals surface area contributed by atoms with Crippen LogP contribution in [0.5, 0.6) is 11.5 Å². The number of pyridine rings is 1. The standard InChI is InChI=1S/C29H22N2O4S/c1-34-25-14-8-18(15-26(25)35-2)7-13-24(32)19-9-11-22(12-10-19)30-28(33)27-17-21-16-20-5-3-4-6-23(20)31-29(21)36-27/h3-17H,1-2H3,(H,30,33)/b13-7+. The molecule has 0 saturated heterocycles. The number of hydrogen-bond acceptors (Lipinski definition) is 6. The van der Waals surface area contributed by atoms with Gasteiger partial charge in [-0.1, -0.05) is 30.3 Å². The second-order valence-corrected chi connectivity index (χ2v) is 9.06. The summed E-state index contributed by atoms with van der Waals surface area (Å²) >= 11 is 1.35. The third-order valence-corrected chi connectivity index (χ3v) is 6.74. The van der Waals surface area contributed by atoms with Crippen molar-refractivity contribution < 1.29 is 19.1 Å². The van der Waals surface area contributed by atoms with Crippen LogP contribution in [0.25, 0.3) is 27.2 Å². The molecule has 0 radical (unpaired) electrons. The number of carbonyl (C=O) groups excluding carboxylic acids is 2. The van der Waals surface area contributed by atoms with Crippen molar-refractivity contribution in [2.24, 2.45) is 0 Å². The Bertz CT molecular complexity index is 1570. The van der Waals surface area contributed by atoms with Crippen molar-refractivity contribution in [2.45, 2.75) is 0 Å². The lowest BCUT2D eigenvalue weighted by Crippen LogP contribution is -2.10. The minimum atomic E-state index is -0.213. The number of nitrogens with zero attached hydrogens (tertiary/aromatic N) is 1. The highest BCUT2D eigenvalue weighted by atomic mass is 32.1. The van der Waals surface area contributed by atoms with Gasteiger partial charge in [-0.25, -0.2) is 4.98 Å². The quantitative estimate of drug-likeness (QED) is 0.203. The molecule has 0 aliphatic carbocycles. The van der Waals surface area contributed by atoms with Crippen molar-refractivity contribution in [1.82, 2.24) is 4.98 Å². The van der Waals surface area contributed by atoms with E-state index in [4.69, 9.17) is 9.47 Å². The van der Waals surface area contributed by atoms with E-state index < -0.39 is 0 Å². The van der Waals surface area contributed by atoms with Gasteiger partial charge in [0.2, 0.25) is 0 Å². The fourth-order valence-electron chi connectivity index (χ4n) is 3.82. The van der Waals surface area contributed by atoms with Crippen LogP contribution in [-0.4, -0.2) is 30.9 Å². The van der Waals surface area contributed by atoms with Crippen molar-refractivity contribution in [3.05, 3.63) is 101 Å². The maximum atomic E-state index is 12.8. The van der Waals surface area contributed by atoms with Crippen LogP contribution >= 0.6 is 11.3 Å². The SMILES string of the molecule is COc1ccc(/C=C/C(=O)c2ccc(NC(=O)c3cc4cc5ccccc5nc4s3)cc2)cc1OC. The van der Waals surface area contributed by atoms with Crippen molar-refractivity contribution in [3.8, 4) is 11.5 Å². The van der Waals surface area contributed by atoms with Gasteiger partial charge >= 0.3 is 0 Å². The molecule has 0 saturated carbocycles. The summed E-state index contributed by atoms with van der Waals surface area (Å²) < 4.78 is 10.5. The number of nitrogens with one attached hydrogen (secondary N) is 1. The first-order chi connectivity index (χ1) is 17.5. The first-order valence-corrected chi connectivity index (χ1v) is 12.0. The van der Waals surface area contributed by atoms with Crippen LogP contribution in [0, 0.1) is 0 Å². The van der Waals surface area contributed by atoms with Crippen LogP contribution in [0.15, 0.2) is 84.9 Å². The summed E-state index contributed by atoms with van der Waals surface area (Å²) in [5.41, 5.74) is 2.84. The van der Waals surface area contributed by atoms with Gasteiger partial charge in [0.1, 0.15) is 4.83 Å². The summed E-state index contributed by atoms with van der Waals surface area (Å²) in [7, 11) is 3.14. The fraction of sp³-hybridized carbons (Fsp3) is 0.0690. The molecule has 0 bridgehead atoms. The Morgan fingerprint density at radius 3 is 2.42 bits per heavy atom. The molecule has 2 heterocycles. The smallest absolute Gasteiger partial charge is 0.265 e. The largest absolute Gasteiger partial charge is 0.493 e. The number of ketones is 1. The van der Waals surface area contributed by atoms with E-state index in [1.807, 2.05) is 42.5 Å². The Hall–Kier alpha value is -4.49. The van der Waals surface area contributed by atoms with Crippen molar-refractivity contribution >= 4 is 55.9 Å². The third kappa shape index (κ3) is 4.82. The van der Waals surface area contributed by atoms with Crippen molar-refractivity contribution in [3.63, 3.8) is 0 Å². The number of anilines is 1. The van der Waals surface area contributed by atoms with E-state index in [9.17, 15) is 9.59 Å². The lowest BCUT2D eigenvalue weighted by atomic mass is 10.1. The first kappa shape index (κ1) is 23.3. The summed E-state index contributed by atoms with van der Waals surface area (Å²) in [6.45, 7) is 0. The van der Waals surface area contributed by atoms with Crippen molar-refractivity contribution in [1.29, 1.82) is 0 Å². The number of aromatic nitrogens is 1. The number of amides is 1. The number of fused-ring (bicyclic) bond motifs is 2. The van der Waals surface area contributed by atoms with Gasteiger partial charge in [0, 0.05) is 22.0 Å². The van der Waals surface area contributed by atoms with Crippen LogP contribution in [-0.2, 0) is 0 Å². The molecule has 1 amide bonds. The third-order valence-electron chi connectivity index (χ3n) is 5.70. The zero-order valence-corrected chi connectivity index (χ0v) is 20.5. The molecule has 0 aliphatic heterocycles. The second-order valence-electron chi connectivity index (χ2n) is 8.03. The topological polar surface area (TPSA) is 77.5 Å². The van der Waals surface area contributed by atoms with Crippen LogP contribution in [0.2, 0.25) is 0 Å². The van der Waals surface area contributed by atoms with Gasteiger partial charge in [0.25, 0.3) is 5.91 Å². The molecule has 5 rings (SSSR count). The number of hydrogen-bond donors (Lipinski definition) is 1. The molecule has 0 atom stereocenters. The van der Waals surface area contributed by atoms with Crippen LogP contribution in [0.3, 0.4) is 0 Å². The van der Waals surface area contributed by atoms with Gasteiger partial charge in [0.15, 0.2) is 17.3 Å². The Morgan fingerprint density at radius 1 is 0.861 bits per heavy atom. The number of thiophene rings is 1. The molecule has 178 valence electrons. The Morgan fingerprint density at radius 2 is 1.64 bits per heavy atom. The number of rotatable bonds is 7. The summed E-state index contributed by atoms with van der Waals surface area (Å²) in [5.74, 6) is 0.855. The predicted octanol–water partition coefficient (Wildman–Crippen LogP) is 6.62. The molecule has 2 aromatic heterocycles. The van der Waals surface area contributed by atoms with Gasteiger partial charge in [-0.2, -0.15) is 0 Å². The van der Waals surface area contributed by atoms with E-state index in [0.29, 0.717) is 27.6 Å². The summed E-state index contributed by atoms with van der Waals surface area (Å²) in [6, 6.07) is 24.0. The highest BCUT2D eigenvalue weighted by molar-refractivity contribution is 7.20. The number of methoxy groups -OCH3 is 2. The summed E-state index contributed by atoms with van der Waals surface area (Å²) in [6.07, 6.45) is 3.22. The lowest BCUT2D eigenvalue weighted by Gasteiger charge is -2.07. The summed E-state index contributed by atoms with van der Waals surface area (Å²) in [4.78, 5) is 31.5. The molecule has 36 heavy (non-hydrogen) atoms. The van der Waals surface area contributed by atoms with Gasteiger partial charge in [-0.3, -0.25) is 9.59 Å². The normalized spacial score (nSPS) is 11.2. The van der Waals surface area contributed by atoms with Gasteiger partial charge in [0.05, 0.1) is 24.6 Å². The Balaban J connectivity index is 1.27. The summed E-state index contributed by atoms with van der Waals surface area (Å²) in [5, 5.41) is 4.87. The molecule has 0 aliphatic rings. The minimum absolute atomic E-state index is 0.148. The predicted molar refractivity (Wildman–Crippen MR) is 144 cm³/mol. The van der Waals surface area contributed by atoms with Crippen LogP contribution in [0.4, 0.5) is 5.69 Å². The molecule has 5 aromatic rings. The van der Waals surface area contributed by atoms with Crippen LogP contribution < -0.4 is 14.8 Å². The number of para-hydroxylation sites is 1. The minimum Gasteiger partial charge on any atom is -0.493 e. The molecule has 7 heteroatoms. The zero-order chi connectivity index (χ0) is 25.1. The van der Waals surface area contributed by atoms with Crippen molar-refractivity contribution in [2.75, 3.05) is 19.5 Å². The van der Waals surface area contributed by atoms with E-state index >= 15 is 0 Å². The molecular formula is C29H22N2O4S. The number of allylic oxidation sites excluding steroid dienone is 1. The molecule has 0 unspecified atom stereocenters. The Kier molecular flexibility index (Phi) is 6.47. The number of carbonyl (C=O) groups is 2. The highest BCUT2D eigenvalue weighted by Crippen LogP contribution is 2.29. The zero-order valence-electron chi connectivity index (χ0n) is 19.6. The number of benzene rings is 3. The molecule has 0 fully saturated rings. The monoisotopic (exact) mass is 494 g/mol. The highest BCUT2D eigenvalue weighted by Gasteiger charge is 2.13. The van der Waals surface area contributed by atoms with E-state index in [1.54, 1.807) is 56.7 Å². The molecule has 3 aromatic carbocycles. The van der Waals surface area contributed by atoms with E-state index in [-0.39, 0.29) is 11.7 Å². The van der Waals surface area contributed by atoms with Gasteiger partial charge in [-0.05, 0) is 66.2 Å². The fourth-order valence-corrected chi connectivity index (χ4v) is 4.74. The molecule has 1 N–H and O–H groups in total. The Labute approximate surface area is 211 Å². The molecular weight excluding hydrogens is 472 g/mol. The first-order valence-electron chi connectivity index (χ1n) is 11.2. The van der Waals surface area contributed by atoms with E-state index in [0.717, 1.165) is 26.7 Å². The maximum absolute atomic E-state index is 12.8. The maximum Gasteiger partial charge on any atom is 0.265 e. The van der Waals surface area contributed by atoms with Gasteiger partial charge in [-0.15, -0.1) is 11.3 Å². The average Bonchev–Trinajstić information content (AvgIpc) is 3.33. The average molecular weight is 495 g/mol. The van der Waals surface area contributed by atoms with E-state index in [1.165, 1.54) is 17.4 Å².